The molecule has 0 radical (unpaired) electrons. The molecule has 0 aliphatic rings. The Balaban J connectivity index is 2.44. The zero-order valence-corrected chi connectivity index (χ0v) is 10.7. The second-order valence-corrected chi connectivity index (χ2v) is 4.29. The molecule has 80 valence electrons. The fraction of sp³-hybridized carbons (Fsp3) is 0.167. The van der Waals surface area contributed by atoms with Crippen LogP contribution in [0.4, 0.5) is 0 Å². The average Bonchev–Trinajstić information content (AvgIpc) is 2.30. The number of hydrogen-bond donors (Lipinski definition) is 0. The fourth-order valence-electron chi connectivity index (χ4n) is 1.31. The molecular weight excluding hydrogens is 288 g/mol. The van der Waals surface area contributed by atoms with E-state index in [1.165, 1.54) is 6.33 Å². The summed E-state index contributed by atoms with van der Waals surface area (Å²) in [6.45, 7) is 0. The third kappa shape index (κ3) is 2.52. The monoisotopic (exact) mass is 294 g/mol. The first-order chi connectivity index (χ1) is 7.81. The van der Waals surface area contributed by atoms with Gasteiger partial charge in [0.1, 0.15) is 11.5 Å². The quantitative estimate of drug-likeness (QED) is 0.458. The first-order valence-corrected chi connectivity index (χ1v) is 6.26. The van der Waals surface area contributed by atoms with E-state index in [4.69, 9.17) is 11.6 Å². The van der Waals surface area contributed by atoms with Gasteiger partial charge in [-0.3, -0.25) is 0 Å². The predicted octanol–water partition coefficient (Wildman–Crippen LogP) is 3.42. The van der Waals surface area contributed by atoms with E-state index in [2.05, 4.69) is 37.7 Å². The van der Waals surface area contributed by atoms with Crippen LogP contribution in [0.2, 0.25) is 5.15 Å². The van der Waals surface area contributed by atoms with Gasteiger partial charge in [-0.05, 0) is 18.2 Å². The summed E-state index contributed by atoms with van der Waals surface area (Å²) in [7, 11) is 0. The standard InChI is InChI=1S/C12H8BrClN2/c13-6-2-1-3-9-4-5-11-10(7-9)12(14)16-8-15-11/h4-5,7-8H,2,6H2. The Morgan fingerprint density at radius 2 is 2.19 bits per heavy atom. The van der Waals surface area contributed by atoms with Gasteiger partial charge in [-0.15, -0.1) is 0 Å². The van der Waals surface area contributed by atoms with E-state index in [1.54, 1.807) is 0 Å². The molecule has 0 bridgehead atoms. The summed E-state index contributed by atoms with van der Waals surface area (Å²) in [4.78, 5) is 8.07. The molecule has 0 saturated carbocycles. The van der Waals surface area contributed by atoms with Crippen LogP contribution in [0, 0.1) is 11.8 Å². The van der Waals surface area contributed by atoms with Crippen molar-refractivity contribution < 1.29 is 0 Å². The summed E-state index contributed by atoms with van der Waals surface area (Å²) in [6.07, 6.45) is 2.29. The maximum atomic E-state index is 5.98. The molecule has 1 heterocycles. The first-order valence-electron chi connectivity index (χ1n) is 4.76. The van der Waals surface area contributed by atoms with Crippen molar-refractivity contribution in [2.75, 3.05) is 5.33 Å². The highest BCUT2D eigenvalue weighted by Gasteiger charge is 2.00. The number of hydrogen-bond acceptors (Lipinski definition) is 2. The van der Waals surface area contributed by atoms with Gasteiger partial charge in [0, 0.05) is 22.7 Å². The minimum absolute atomic E-state index is 0.467. The van der Waals surface area contributed by atoms with Gasteiger partial charge in [-0.2, -0.15) is 0 Å². The van der Waals surface area contributed by atoms with Crippen LogP contribution in [0.1, 0.15) is 12.0 Å². The van der Waals surface area contributed by atoms with Gasteiger partial charge in [0.15, 0.2) is 0 Å². The van der Waals surface area contributed by atoms with Crippen molar-refractivity contribution in [2.24, 2.45) is 0 Å². The van der Waals surface area contributed by atoms with E-state index in [1.807, 2.05) is 18.2 Å². The first kappa shape index (κ1) is 11.4. The van der Waals surface area contributed by atoms with Gasteiger partial charge >= 0.3 is 0 Å². The lowest BCUT2D eigenvalue weighted by Crippen LogP contribution is -1.84. The summed E-state index contributed by atoms with van der Waals surface area (Å²) >= 11 is 9.31. The molecule has 1 aromatic heterocycles. The van der Waals surface area contributed by atoms with Crippen molar-refractivity contribution in [3.63, 3.8) is 0 Å². The smallest absolute Gasteiger partial charge is 0.140 e. The number of nitrogens with zero attached hydrogens (tertiary/aromatic N) is 2. The van der Waals surface area contributed by atoms with Crippen molar-refractivity contribution in [2.45, 2.75) is 6.42 Å². The van der Waals surface area contributed by atoms with Gasteiger partial charge in [-0.25, -0.2) is 9.97 Å². The Labute approximate surface area is 107 Å². The summed E-state index contributed by atoms with van der Waals surface area (Å²) < 4.78 is 0. The van der Waals surface area contributed by atoms with Crippen LogP contribution in [0.3, 0.4) is 0 Å². The zero-order valence-electron chi connectivity index (χ0n) is 8.37. The highest BCUT2D eigenvalue weighted by Crippen LogP contribution is 2.19. The van der Waals surface area contributed by atoms with Gasteiger partial charge in [0.2, 0.25) is 0 Å². The topological polar surface area (TPSA) is 25.8 Å². The van der Waals surface area contributed by atoms with E-state index in [9.17, 15) is 0 Å². The van der Waals surface area contributed by atoms with Crippen molar-refractivity contribution in [3.8, 4) is 11.8 Å². The number of fused-ring (bicyclic) bond motifs is 1. The molecule has 0 saturated heterocycles. The average molecular weight is 296 g/mol. The molecule has 0 aliphatic carbocycles. The predicted molar refractivity (Wildman–Crippen MR) is 69.8 cm³/mol. The number of alkyl halides is 1. The lowest BCUT2D eigenvalue weighted by molar-refractivity contribution is 1.22. The van der Waals surface area contributed by atoms with E-state index in [0.29, 0.717) is 5.15 Å². The normalized spacial score (nSPS) is 9.88. The van der Waals surface area contributed by atoms with Gasteiger partial charge in [0.05, 0.1) is 5.52 Å². The van der Waals surface area contributed by atoms with E-state index in [0.717, 1.165) is 28.2 Å². The molecule has 2 rings (SSSR count). The Morgan fingerprint density at radius 3 is 3.00 bits per heavy atom. The molecule has 4 heteroatoms. The van der Waals surface area contributed by atoms with Crippen molar-refractivity contribution in [3.05, 3.63) is 35.2 Å². The number of benzene rings is 1. The van der Waals surface area contributed by atoms with Crippen LogP contribution in [0.5, 0.6) is 0 Å². The van der Waals surface area contributed by atoms with E-state index < -0.39 is 0 Å². The minimum atomic E-state index is 0.467. The summed E-state index contributed by atoms with van der Waals surface area (Å²) in [5.74, 6) is 6.13. The zero-order chi connectivity index (χ0) is 11.4. The van der Waals surface area contributed by atoms with Crippen LogP contribution in [-0.2, 0) is 0 Å². The molecule has 0 unspecified atom stereocenters. The maximum Gasteiger partial charge on any atom is 0.140 e. The largest absolute Gasteiger partial charge is 0.236 e. The Bertz CT molecular complexity index is 572. The van der Waals surface area contributed by atoms with Crippen molar-refractivity contribution in [1.82, 2.24) is 9.97 Å². The SMILES string of the molecule is Clc1ncnc2ccc(C#CCCBr)cc12. The molecule has 2 nitrogen and oxygen atoms in total. The van der Waals surface area contributed by atoms with Crippen LogP contribution >= 0.6 is 27.5 Å². The Morgan fingerprint density at radius 1 is 1.31 bits per heavy atom. The molecular formula is C12H8BrClN2. The summed E-state index contributed by atoms with van der Waals surface area (Å²) in [5, 5.41) is 2.20. The van der Waals surface area contributed by atoms with Crippen LogP contribution in [0.25, 0.3) is 10.9 Å². The number of halogens is 2. The third-order valence-electron chi connectivity index (χ3n) is 2.04. The number of rotatable bonds is 1. The van der Waals surface area contributed by atoms with Crippen LogP contribution in [-0.4, -0.2) is 15.3 Å². The lowest BCUT2D eigenvalue weighted by Gasteiger charge is -1.98. The van der Waals surface area contributed by atoms with Crippen molar-refractivity contribution >= 4 is 38.4 Å². The Kier molecular flexibility index (Phi) is 3.76. The molecule has 2 aromatic rings. The second-order valence-electron chi connectivity index (χ2n) is 3.14. The van der Waals surface area contributed by atoms with Crippen LogP contribution < -0.4 is 0 Å². The fourth-order valence-corrected chi connectivity index (χ4v) is 1.71. The molecule has 0 amide bonds. The van der Waals surface area contributed by atoms with Crippen LogP contribution in [0.15, 0.2) is 24.5 Å². The summed E-state index contributed by atoms with van der Waals surface area (Å²) in [5.41, 5.74) is 1.77. The van der Waals surface area contributed by atoms with Crippen molar-refractivity contribution in [1.29, 1.82) is 0 Å². The highest BCUT2D eigenvalue weighted by molar-refractivity contribution is 9.09. The third-order valence-corrected chi connectivity index (χ3v) is 2.74. The molecule has 0 fully saturated rings. The molecule has 0 N–H and O–H groups in total. The molecule has 0 atom stereocenters. The second kappa shape index (κ2) is 5.29. The van der Waals surface area contributed by atoms with Gasteiger partial charge < -0.3 is 0 Å². The summed E-state index contributed by atoms with van der Waals surface area (Å²) in [6, 6.07) is 5.76. The molecule has 0 spiro atoms. The number of aromatic nitrogens is 2. The van der Waals surface area contributed by atoms with E-state index in [-0.39, 0.29) is 0 Å². The molecule has 16 heavy (non-hydrogen) atoms. The van der Waals surface area contributed by atoms with Gasteiger partial charge in [-0.1, -0.05) is 39.4 Å². The molecule has 0 aliphatic heterocycles. The van der Waals surface area contributed by atoms with Gasteiger partial charge in [0.25, 0.3) is 0 Å². The Hall–Kier alpha value is -1.11. The minimum Gasteiger partial charge on any atom is -0.236 e. The van der Waals surface area contributed by atoms with E-state index >= 15 is 0 Å². The molecule has 1 aromatic carbocycles. The maximum absolute atomic E-state index is 5.98. The lowest BCUT2D eigenvalue weighted by atomic mass is 10.1. The highest BCUT2D eigenvalue weighted by atomic mass is 79.9.